The van der Waals surface area contributed by atoms with E-state index < -0.39 is 5.91 Å². The first-order chi connectivity index (χ1) is 11.5. The van der Waals surface area contributed by atoms with Crippen molar-refractivity contribution in [3.05, 3.63) is 70.2 Å². The molecular formula is C18H18ClN3O2. The Kier molecular flexibility index (Phi) is 6.09. The molecule has 0 spiro atoms. The van der Waals surface area contributed by atoms with Gasteiger partial charge in [-0.05, 0) is 43.7 Å². The van der Waals surface area contributed by atoms with E-state index in [1.807, 2.05) is 31.2 Å². The maximum atomic E-state index is 11.9. The Morgan fingerprint density at radius 3 is 2.21 bits per heavy atom. The molecule has 0 saturated carbocycles. The SMILES string of the molecule is C/C(=N/NC(=O)CNC(=O)c1ccc(Cl)cc1)c1ccc(C)cc1. The molecule has 2 aromatic rings. The number of hydrazone groups is 1. The Morgan fingerprint density at radius 1 is 1.00 bits per heavy atom. The lowest BCUT2D eigenvalue weighted by atomic mass is 10.1. The number of benzene rings is 2. The quantitative estimate of drug-likeness (QED) is 0.647. The number of hydrogen-bond acceptors (Lipinski definition) is 3. The molecule has 0 aliphatic carbocycles. The normalized spacial score (nSPS) is 11.0. The molecule has 5 nitrogen and oxygen atoms in total. The Bertz CT molecular complexity index is 753. The fraction of sp³-hybridized carbons (Fsp3) is 0.167. The highest BCUT2D eigenvalue weighted by atomic mass is 35.5. The van der Waals surface area contributed by atoms with Crippen molar-refractivity contribution in [1.29, 1.82) is 0 Å². The number of carbonyl (C=O) groups excluding carboxylic acids is 2. The molecule has 124 valence electrons. The van der Waals surface area contributed by atoms with Gasteiger partial charge in [0.15, 0.2) is 0 Å². The van der Waals surface area contributed by atoms with E-state index in [0.717, 1.165) is 11.1 Å². The molecule has 0 saturated heterocycles. The third kappa shape index (κ3) is 5.21. The van der Waals surface area contributed by atoms with Crippen LogP contribution < -0.4 is 10.7 Å². The Balaban J connectivity index is 1.84. The van der Waals surface area contributed by atoms with Gasteiger partial charge < -0.3 is 5.32 Å². The molecule has 6 heteroatoms. The molecule has 2 N–H and O–H groups in total. The Hall–Kier alpha value is -2.66. The van der Waals surface area contributed by atoms with Gasteiger partial charge in [-0.15, -0.1) is 0 Å². The molecule has 0 aromatic heterocycles. The molecule has 0 bridgehead atoms. The zero-order chi connectivity index (χ0) is 17.5. The van der Waals surface area contributed by atoms with Crippen LogP contribution in [-0.2, 0) is 4.79 Å². The van der Waals surface area contributed by atoms with Crippen molar-refractivity contribution in [3.8, 4) is 0 Å². The average Bonchev–Trinajstić information content (AvgIpc) is 2.58. The first-order valence-electron chi connectivity index (χ1n) is 7.39. The molecule has 2 aromatic carbocycles. The molecule has 0 radical (unpaired) electrons. The average molecular weight is 344 g/mol. The van der Waals surface area contributed by atoms with Gasteiger partial charge in [-0.25, -0.2) is 5.43 Å². The fourth-order valence-electron chi connectivity index (χ4n) is 1.91. The summed E-state index contributed by atoms with van der Waals surface area (Å²) in [6.07, 6.45) is 0. The van der Waals surface area contributed by atoms with Crippen molar-refractivity contribution in [2.75, 3.05) is 6.54 Å². The first kappa shape index (κ1) is 17.7. The van der Waals surface area contributed by atoms with Gasteiger partial charge in [0.25, 0.3) is 11.8 Å². The van der Waals surface area contributed by atoms with Crippen LogP contribution in [0.15, 0.2) is 53.6 Å². The summed E-state index contributed by atoms with van der Waals surface area (Å²) in [5, 5.41) is 7.11. The summed E-state index contributed by atoms with van der Waals surface area (Å²) < 4.78 is 0. The van der Waals surface area contributed by atoms with Crippen LogP contribution in [0, 0.1) is 6.92 Å². The summed E-state index contributed by atoms with van der Waals surface area (Å²) in [5.74, 6) is -0.746. The van der Waals surface area contributed by atoms with Gasteiger partial charge in [0.2, 0.25) is 0 Å². The van der Waals surface area contributed by atoms with Gasteiger partial charge in [0.1, 0.15) is 0 Å². The minimum Gasteiger partial charge on any atom is -0.343 e. The molecule has 0 fully saturated rings. The third-order valence-electron chi connectivity index (χ3n) is 3.33. The maximum absolute atomic E-state index is 11.9. The van der Waals surface area contributed by atoms with Gasteiger partial charge in [0.05, 0.1) is 12.3 Å². The molecule has 24 heavy (non-hydrogen) atoms. The molecule has 0 aliphatic rings. The highest BCUT2D eigenvalue weighted by Crippen LogP contribution is 2.09. The van der Waals surface area contributed by atoms with E-state index in [4.69, 9.17) is 11.6 Å². The highest BCUT2D eigenvalue weighted by Gasteiger charge is 2.07. The van der Waals surface area contributed by atoms with Crippen molar-refractivity contribution in [3.63, 3.8) is 0 Å². The molecule has 2 rings (SSSR count). The molecule has 0 aliphatic heterocycles. The minimum atomic E-state index is -0.399. The van der Waals surface area contributed by atoms with E-state index in [2.05, 4.69) is 15.8 Å². The molecular weight excluding hydrogens is 326 g/mol. The zero-order valence-electron chi connectivity index (χ0n) is 13.5. The van der Waals surface area contributed by atoms with Crippen LogP contribution in [0.4, 0.5) is 0 Å². The van der Waals surface area contributed by atoms with Gasteiger partial charge in [-0.1, -0.05) is 41.4 Å². The summed E-state index contributed by atoms with van der Waals surface area (Å²) in [5.41, 5.74) is 5.62. The molecule has 0 unspecified atom stereocenters. The second-order valence-corrected chi connectivity index (χ2v) is 5.72. The van der Waals surface area contributed by atoms with Crippen LogP contribution >= 0.6 is 11.6 Å². The lowest BCUT2D eigenvalue weighted by molar-refractivity contribution is -0.120. The van der Waals surface area contributed by atoms with Gasteiger partial charge in [-0.2, -0.15) is 5.10 Å². The van der Waals surface area contributed by atoms with Crippen LogP contribution in [0.3, 0.4) is 0 Å². The third-order valence-corrected chi connectivity index (χ3v) is 3.59. The summed E-state index contributed by atoms with van der Waals surface area (Å²) in [7, 11) is 0. The summed E-state index contributed by atoms with van der Waals surface area (Å²) in [4.78, 5) is 23.7. The number of halogens is 1. The van der Waals surface area contributed by atoms with Crippen LogP contribution in [0.2, 0.25) is 5.02 Å². The predicted octanol–water partition coefficient (Wildman–Crippen LogP) is 2.92. The van der Waals surface area contributed by atoms with E-state index in [0.29, 0.717) is 16.3 Å². The molecule has 0 heterocycles. The zero-order valence-corrected chi connectivity index (χ0v) is 14.2. The molecule has 0 atom stereocenters. The number of amides is 2. The maximum Gasteiger partial charge on any atom is 0.259 e. The van der Waals surface area contributed by atoms with Gasteiger partial charge in [0, 0.05) is 10.6 Å². The van der Waals surface area contributed by atoms with Crippen molar-refractivity contribution >= 4 is 29.1 Å². The van der Waals surface area contributed by atoms with Crippen LogP contribution in [0.25, 0.3) is 0 Å². The van der Waals surface area contributed by atoms with Crippen molar-refractivity contribution in [1.82, 2.24) is 10.7 Å². The first-order valence-corrected chi connectivity index (χ1v) is 7.77. The van der Waals surface area contributed by atoms with E-state index in [9.17, 15) is 9.59 Å². The van der Waals surface area contributed by atoms with Crippen molar-refractivity contribution in [2.45, 2.75) is 13.8 Å². The fourth-order valence-corrected chi connectivity index (χ4v) is 2.03. The van der Waals surface area contributed by atoms with Crippen LogP contribution in [0.5, 0.6) is 0 Å². The number of rotatable bonds is 5. The van der Waals surface area contributed by atoms with Crippen molar-refractivity contribution < 1.29 is 9.59 Å². The number of carbonyl (C=O) groups is 2. The largest absolute Gasteiger partial charge is 0.343 e. The van der Waals surface area contributed by atoms with Gasteiger partial charge in [-0.3, -0.25) is 9.59 Å². The van der Waals surface area contributed by atoms with Crippen molar-refractivity contribution in [2.24, 2.45) is 5.10 Å². The molecule has 2 amide bonds. The monoisotopic (exact) mass is 343 g/mol. The Morgan fingerprint density at radius 2 is 1.58 bits per heavy atom. The second-order valence-electron chi connectivity index (χ2n) is 5.29. The van der Waals surface area contributed by atoms with Gasteiger partial charge >= 0.3 is 0 Å². The second kappa shape index (κ2) is 8.26. The van der Waals surface area contributed by atoms with E-state index in [1.165, 1.54) is 0 Å². The number of hydrogen-bond donors (Lipinski definition) is 2. The topological polar surface area (TPSA) is 70.6 Å². The lowest BCUT2D eigenvalue weighted by Crippen LogP contribution is -2.35. The minimum absolute atomic E-state index is 0.161. The standard InChI is InChI=1S/C18H18ClN3O2/c1-12-3-5-14(6-4-12)13(2)21-22-17(23)11-20-18(24)15-7-9-16(19)10-8-15/h3-10H,11H2,1-2H3,(H,20,24)(H,22,23)/b21-13-. The smallest absolute Gasteiger partial charge is 0.259 e. The summed E-state index contributed by atoms with van der Waals surface area (Å²) in [6, 6.07) is 14.2. The summed E-state index contributed by atoms with van der Waals surface area (Å²) >= 11 is 5.76. The Labute approximate surface area is 145 Å². The number of nitrogens with zero attached hydrogens (tertiary/aromatic N) is 1. The highest BCUT2D eigenvalue weighted by molar-refractivity contribution is 6.30. The van der Waals surface area contributed by atoms with E-state index in [-0.39, 0.29) is 12.5 Å². The number of nitrogens with one attached hydrogen (secondary N) is 2. The lowest BCUT2D eigenvalue weighted by Gasteiger charge is -2.06. The summed E-state index contributed by atoms with van der Waals surface area (Å²) in [6.45, 7) is 3.64. The predicted molar refractivity (Wildman–Crippen MR) is 95.3 cm³/mol. The van der Waals surface area contributed by atoms with E-state index >= 15 is 0 Å². The van der Waals surface area contributed by atoms with E-state index in [1.54, 1.807) is 31.2 Å². The van der Waals surface area contributed by atoms with Crippen LogP contribution in [-0.4, -0.2) is 24.1 Å². The van der Waals surface area contributed by atoms with Crippen LogP contribution in [0.1, 0.15) is 28.4 Å². The number of aryl methyl sites for hydroxylation is 1.